The van der Waals surface area contributed by atoms with E-state index in [9.17, 15) is 14.4 Å². The molecule has 17 heavy (non-hydrogen) atoms. The molecule has 0 fully saturated rings. The lowest BCUT2D eigenvalue weighted by Gasteiger charge is -1.95. The van der Waals surface area contributed by atoms with E-state index >= 15 is 0 Å². The molecular formula is C9H12N2O5S. The van der Waals surface area contributed by atoms with Crippen molar-refractivity contribution >= 4 is 29.2 Å². The van der Waals surface area contributed by atoms with Gasteiger partial charge in [0.15, 0.2) is 0 Å². The van der Waals surface area contributed by atoms with Gasteiger partial charge < -0.3 is 15.5 Å². The number of carbonyl (C=O) groups excluding carboxylic acids is 1. The van der Waals surface area contributed by atoms with Crippen molar-refractivity contribution in [2.75, 3.05) is 0 Å². The number of thiazole rings is 1. The van der Waals surface area contributed by atoms with Gasteiger partial charge in [-0.15, -0.1) is 11.3 Å². The maximum atomic E-state index is 10.4. The zero-order valence-electron chi connectivity index (χ0n) is 9.04. The number of amides is 1. The Morgan fingerprint density at radius 2 is 1.94 bits per heavy atom. The highest BCUT2D eigenvalue weighted by Gasteiger charge is 2.01. The molecule has 3 N–H and O–H groups in total. The molecule has 0 unspecified atom stereocenters. The molecule has 7 nitrogen and oxygen atoms in total. The van der Waals surface area contributed by atoms with E-state index in [1.54, 1.807) is 5.51 Å². The Balaban J connectivity index is 0.000000325. The fourth-order valence-electron chi connectivity index (χ4n) is 0.669. The first-order chi connectivity index (χ1) is 7.91. The van der Waals surface area contributed by atoms with E-state index < -0.39 is 18.4 Å². The normalized spacial score (nSPS) is 8.76. The Kier molecular flexibility index (Phi) is 7.27. The molecule has 1 rings (SSSR count). The summed E-state index contributed by atoms with van der Waals surface area (Å²) in [5.41, 5.74) is 2.66. The van der Waals surface area contributed by atoms with Crippen LogP contribution in [-0.4, -0.2) is 33.0 Å². The Bertz CT molecular complexity index is 365. The van der Waals surface area contributed by atoms with E-state index in [0.29, 0.717) is 6.54 Å². The largest absolute Gasteiger partial charge is 0.481 e. The second-order valence-electron chi connectivity index (χ2n) is 2.85. The van der Waals surface area contributed by atoms with Crippen LogP contribution in [0.15, 0.2) is 10.9 Å². The Hall–Kier alpha value is -1.96. The van der Waals surface area contributed by atoms with E-state index in [1.165, 1.54) is 18.3 Å². The monoisotopic (exact) mass is 260 g/mol. The molecule has 1 amide bonds. The first-order valence-corrected chi connectivity index (χ1v) is 5.41. The van der Waals surface area contributed by atoms with Gasteiger partial charge in [-0.3, -0.25) is 14.4 Å². The summed E-state index contributed by atoms with van der Waals surface area (Å²) in [6, 6.07) is 0. The number of hydrogen-bond donors (Lipinski definition) is 3. The van der Waals surface area contributed by atoms with Crippen LogP contribution in [0.2, 0.25) is 0 Å². The van der Waals surface area contributed by atoms with Crippen LogP contribution < -0.4 is 5.32 Å². The van der Waals surface area contributed by atoms with Gasteiger partial charge in [0.2, 0.25) is 5.91 Å². The molecule has 0 saturated heterocycles. The second-order valence-corrected chi connectivity index (χ2v) is 3.57. The van der Waals surface area contributed by atoms with Crippen molar-refractivity contribution in [3.8, 4) is 0 Å². The summed E-state index contributed by atoms with van der Waals surface area (Å²) < 4.78 is 0. The van der Waals surface area contributed by atoms with E-state index in [1.807, 2.05) is 5.38 Å². The first kappa shape index (κ1) is 15.0. The van der Waals surface area contributed by atoms with Crippen molar-refractivity contribution in [3.63, 3.8) is 0 Å². The third kappa shape index (κ3) is 10.3. The third-order valence-electron chi connectivity index (χ3n) is 1.30. The average molecular weight is 260 g/mol. The van der Waals surface area contributed by atoms with Crippen molar-refractivity contribution in [2.45, 2.75) is 19.9 Å². The number of aliphatic carboxylic acids is 2. The summed E-state index contributed by atoms with van der Waals surface area (Å²) in [7, 11) is 0. The predicted molar refractivity (Wildman–Crippen MR) is 59.5 cm³/mol. The van der Waals surface area contributed by atoms with Gasteiger partial charge in [-0.05, 0) is 0 Å². The quantitative estimate of drug-likeness (QED) is 0.671. The van der Waals surface area contributed by atoms with Gasteiger partial charge in [0, 0.05) is 12.3 Å². The molecule has 0 aliphatic heterocycles. The van der Waals surface area contributed by atoms with Gasteiger partial charge in [0.05, 0.1) is 17.7 Å². The van der Waals surface area contributed by atoms with Crippen molar-refractivity contribution in [3.05, 3.63) is 16.6 Å². The number of nitrogens with zero attached hydrogens (tertiary/aromatic N) is 1. The minimum Gasteiger partial charge on any atom is -0.481 e. The van der Waals surface area contributed by atoms with Gasteiger partial charge in [0.25, 0.3) is 0 Å². The number of aromatic nitrogens is 1. The van der Waals surface area contributed by atoms with E-state index in [0.717, 1.165) is 5.69 Å². The Morgan fingerprint density at radius 1 is 1.35 bits per heavy atom. The van der Waals surface area contributed by atoms with Gasteiger partial charge >= 0.3 is 11.9 Å². The third-order valence-corrected chi connectivity index (χ3v) is 1.94. The van der Waals surface area contributed by atoms with E-state index in [2.05, 4.69) is 10.3 Å². The topological polar surface area (TPSA) is 117 Å². The minimum atomic E-state index is -1.31. The molecular weight excluding hydrogens is 248 g/mol. The fraction of sp³-hybridized carbons (Fsp3) is 0.333. The van der Waals surface area contributed by atoms with Crippen LogP contribution in [0.25, 0.3) is 0 Å². The van der Waals surface area contributed by atoms with Crippen LogP contribution in [-0.2, 0) is 20.9 Å². The fourth-order valence-corrected chi connectivity index (χ4v) is 1.23. The number of carboxylic acids is 2. The van der Waals surface area contributed by atoms with Crippen LogP contribution in [0.3, 0.4) is 0 Å². The van der Waals surface area contributed by atoms with Crippen LogP contribution in [0.1, 0.15) is 19.0 Å². The number of hydrogen-bond acceptors (Lipinski definition) is 5. The van der Waals surface area contributed by atoms with Crippen LogP contribution in [0, 0.1) is 0 Å². The lowest BCUT2D eigenvalue weighted by Crippen LogP contribution is -2.18. The molecule has 0 aliphatic rings. The molecule has 8 heteroatoms. The van der Waals surface area contributed by atoms with Crippen LogP contribution in [0.4, 0.5) is 0 Å². The van der Waals surface area contributed by atoms with Crippen molar-refractivity contribution < 1.29 is 24.6 Å². The Morgan fingerprint density at radius 3 is 2.24 bits per heavy atom. The number of nitrogens with one attached hydrogen (secondary N) is 1. The van der Waals surface area contributed by atoms with Gasteiger partial charge in [-0.2, -0.15) is 0 Å². The van der Waals surface area contributed by atoms with Crippen molar-refractivity contribution in [1.82, 2.24) is 10.3 Å². The van der Waals surface area contributed by atoms with Gasteiger partial charge in [0.1, 0.15) is 6.42 Å². The highest BCUT2D eigenvalue weighted by Crippen LogP contribution is 1.99. The highest BCUT2D eigenvalue weighted by molar-refractivity contribution is 7.07. The number of carbonyl (C=O) groups is 3. The minimum absolute atomic E-state index is 0.0204. The molecule has 0 atom stereocenters. The second kappa shape index (κ2) is 8.22. The van der Waals surface area contributed by atoms with E-state index in [-0.39, 0.29) is 5.91 Å². The van der Waals surface area contributed by atoms with Gasteiger partial charge in [-0.25, -0.2) is 4.98 Å². The van der Waals surface area contributed by atoms with Gasteiger partial charge in [-0.1, -0.05) is 0 Å². The molecule has 94 valence electrons. The van der Waals surface area contributed by atoms with Crippen LogP contribution >= 0.6 is 11.3 Å². The van der Waals surface area contributed by atoms with Crippen LogP contribution in [0.5, 0.6) is 0 Å². The molecule has 0 radical (unpaired) electrons. The number of rotatable bonds is 4. The molecule has 1 aromatic heterocycles. The lowest BCUT2D eigenvalue weighted by molar-refractivity contribution is -0.147. The maximum Gasteiger partial charge on any atom is 0.314 e. The molecule has 0 aliphatic carbocycles. The molecule has 0 saturated carbocycles. The summed E-state index contributed by atoms with van der Waals surface area (Å²) in [5, 5.41) is 20.0. The van der Waals surface area contributed by atoms with Crippen molar-refractivity contribution in [2.24, 2.45) is 0 Å². The standard InChI is InChI=1S/C6H8N2OS.C3H4O4/c1-5(9)7-2-6-3-10-4-8-6;4-2(5)1-3(6)7/h3-4H,2H2,1H3,(H,7,9);1H2,(H,4,5)(H,6,7). The molecule has 0 bridgehead atoms. The Labute approximate surface area is 101 Å². The summed E-state index contributed by atoms with van der Waals surface area (Å²) in [5.74, 6) is -2.65. The number of carboxylic acid groups (broad SMARTS) is 2. The highest BCUT2D eigenvalue weighted by atomic mass is 32.1. The average Bonchev–Trinajstić information content (AvgIpc) is 2.65. The maximum absolute atomic E-state index is 10.4. The first-order valence-electron chi connectivity index (χ1n) is 4.47. The SMILES string of the molecule is CC(=O)NCc1cscn1.O=C(O)CC(=O)O. The molecule has 0 spiro atoms. The molecule has 0 aromatic carbocycles. The summed E-state index contributed by atoms with van der Waals surface area (Å²) in [6.45, 7) is 2.03. The zero-order valence-corrected chi connectivity index (χ0v) is 9.86. The van der Waals surface area contributed by atoms with Crippen molar-refractivity contribution in [1.29, 1.82) is 0 Å². The molecule has 1 aromatic rings. The smallest absolute Gasteiger partial charge is 0.314 e. The summed E-state index contributed by atoms with van der Waals surface area (Å²) in [6.07, 6.45) is -0.806. The molecule has 1 heterocycles. The lowest BCUT2D eigenvalue weighted by atomic mass is 10.5. The zero-order chi connectivity index (χ0) is 13.3. The summed E-state index contributed by atoms with van der Waals surface area (Å²) >= 11 is 1.53. The van der Waals surface area contributed by atoms with E-state index in [4.69, 9.17) is 10.2 Å². The predicted octanol–water partition coefficient (Wildman–Crippen LogP) is 0.325. The summed E-state index contributed by atoms with van der Waals surface area (Å²) in [4.78, 5) is 33.3.